The van der Waals surface area contributed by atoms with Crippen LogP contribution in [0.15, 0.2) is 0 Å². The van der Waals surface area contributed by atoms with Crippen molar-refractivity contribution in [2.24, 2.45) is 0 Å². The van der Waals surface area contributed by atoms with E-state index >= 15 is 0 Å². The van der Waals surface area contributed by atoms with Gasteiger partial charge in [-0.3, -0.25) is 0 Å². The fraction of sp³-hybridized carbons (Fsp3) is 0.500. The van der Waals surface area contributed by atoms with E-state index in [-0.39, 0.29) is 6.10 Å². The molecule has 2 aromatic heterocycles. The summed E-state index contributed by atoms with van der Waals surface area (Å²) in [7, 11) is 1.55. The maximum absolute atomic E-state index is 5.82. The van der Waals surface area contributed by atoms with E-state index in [0.29, 0.717) is 29.0 Å². The molecule has 7 heteroatoms. The average molecular weight is 236 g/mol. The molecule has 2 aromatic rings. The van der Waals surface area contributed by atoms with E-state index in [1.807, 2.05) is 0 Å². The first-order valence-electron chi connectivity index (χ1n) is 5.55. The van der Waals surface area contributed by atoms with Gasteiger partial charge in [-0.1, -0.05) is 0 Å². The summed E-state index contributed by atoms with van der Waals surface area (Å²) in [5.74, 6) is 0.351. The molecule has 0 spiro atoms. The van der Waals surface area contributed by atoms with Crippen LogP contribution in [0.1, 0.15) is 19.3 Å². The number of nitrogen functional groups attached to an aromatic ring is 1. The number of hydrogen-bond donors (Lipinski definition) is 2. The molecule has 0 atom stereocenters. The first-order valence-corrected chi connectivity index (χ1v) is 5.55. The Balaban J connectivity index is 1.97. The maximum Gasteiger partial charge on any atom is 0.397 e. The minimum atomic E-state index is 0.229. The van der Waals surface area contributed by atoms with Crippen molar-refractivity contribution >= 4 is 17.0 Å². The van der Waals surface area contributed by atoms with Gasteiger partial charge in [0.2, 0.25) is 5.52 Å². The SMILES string of the molecule is COc1[nH]c2c(N)nc(OC3CCC3)nc2[nH+]1. The normalized spacial score (nSPS) is 15.8. The van der Waals surface area contributed by atoms with Gasteiger partial charge in [-0.05, 0) is 24.2 Å². The molecule has 90 valence electrons. The van der Waals surface area contributed by atoms with Gasteiger partial charge in [0.25, 0.3) is 0 Å². The van der Waals surface area contributed by atoms with Gasteiger partial charge < -0.3 is 15.2 Å². The van der Waals surface area contributed by atoms with Crippen LogP contribution in [0.4, 0.5) is 5.82 Å². The highest BCUT2D eigenvalue weighted by molar-refractivity contribution is 5.79. The van der Waals surface area contributed by atoms with Crippen LogP contribution in [0.3, 0.4) is 0 Å². The van der Waals surface area contributed by atoms with Crippen molar-refractivity contribution in [3.63, 3.8) is 0 Å². The van der Waals surface area contributed by atoms with Gasteiger partial charge in [0.15, 0.2) is 5.82 Å². The summed E-state index contributed by atoms with van der Waals surface area (Å²) in [4.78, 5) is 14.2. The molecule has 0 amide bonds. The number of fused-ring (bicyclic) bond motifs is 1. The van der Waals surface area contributed by atoms with E-state index in [0.717, 1.165) is 12.8 Å². The lowest BCUT2D eigenvalue weighted by molar-refractivity contribution is -0.364. The summed E-state index contributed by atoms with van der Waals surface area (Å²) in [5, 5.41) is 0. The zero-order valence-corrected chi connectivity index (χ0v) is 9.49. The molecule has 7 nitrogen and oxygen atoms in total. The molecule has 0 saturated heterocycles. The molecule has 1 saturated carbocycles. The number of anilines is 1. The predicted octanol–water partition coefficient (Wildman–Crippen LogP) is 0.294. The van der Waals surface area contributed by atoms with Gasteiger partial charge in [0.05, 0.1) is 7.11 Å². The summed E-state index contributed by atoms with van der Waals surface area (Å²) in [6.07, 6.45) is 3.54. The number of nitrogens with zero attached hydrogens (tertiary/aromatic N) is 2. The van der Waals surface area contributed by atoms with E-state index in [4.69, 9.17) is 15.2 Å². The van der Waals surface area contributed by atoms with Crippen LogP contribution in [0.25, 0.3) is 11.2 Å². The number of aromatic amines is 2. The minimum Gasteiger partial charge on any atom is -0.448 e. The largest absolute Gasteiger partial charge is 0.448 e. The molecule has 4 N–H and O–H groups in total. The molecule has 1 aliphatic carbocycles. The summed E-state index contributed by atoms with van der Waals surface area (Å²) in [6, 6.07) is 0.805. The van der Waals surface area contributed by atoms with Crippen LogP contribution in [0.2, 0.25) is 0 Å². The topological polar surface area (TPSA) is 100 Å². The quantitative estimate of drug-likeness (QED) is 0.798. The molecule has 2 heterocycles. The lowest BCUT2D eigenvalue weighted by atomic mass is 9.96. The van der Waals surface area contributed by atoms with E-state index < -0.39 is 0 Å². The van der Waals surface area contributed by atoms with Gasteiger partial charge in [-0.25, -0.2) is 9.97 Å². The third-order valence-electron chi connectivity index (χ3n) is 2.92. The smallest absolute Gasteiger partial charge is 0.397 e. The van der Waals surface area contributed by atoms with Crippen molar-refractivity contribution in [3.05, 3.63) is 0 Å². The molecular weight excluding hydrogens is 222 g/mol. The second kappa shape index (κ2) is 3.76. The number of nitrogens with two attached hydrogens (primary N) is 1. The van der Waals surface area contributed by atoms with Crippen molar-refractivity contribution in [1.29, 1.82) is 0 Å². The summed E-state index contributed by atoms with van der Waals surface area (Å²) in [6.45, 7) is 0. The second-order valence-corrected chi connectivity index (χ2v) is 4.07. The van der Waals surface area contributed by atoms with Crippen LogP contribution in [-0.4, -0.2) is 28.2 Å². The van der Waals surface area contributed by atoms with Crippen molar-refractivity contribution < 1.29 is 14.5 Å². The number of ether oxygens (including phenoxy) is 2. The lowest BCUT2D eigenvalue weighted by Crippen LogP contribution is -2.25. The van der Waals surface area contributed by atoms with E-state index in [9.17, 15) is 0 Å². The monoisotopic (exact) mass is 236 g/mol. The van der Waals surface area contributed by atoms with Crippen LogP contribution < -0.4 is 20.2 Å². The Kier molecular flexibility index (Phi) is 2.24. The van der Waals surface area contributed by atoms with Crippen molar-refractivity contribution in [2.75, 3.05) is 12.8 Å². The molecule has 0 unspecified atom stereocenters. The Morgan fingerprint density at radius 2 is 2.24 bits per heavy atom. The molecule has 0 aliphatic heterocycles. The fourth-order valence-electron chi connectivity index (χ4n) is 1.72. The Labute approximate surface area is 97.4 Å². The molecular formula is C10H14N5O2+. The molecule has 0 radical (unpaired) electrons. The third kappa shape index (κ3) is 1.73. The van der Waals surface area contributed by atoms with Crippen molar-refractivity contribution in [1.82, 2.24) is 15.0 Å². The molecule has 3 rings (SSSR count). The standard InChI is InChI=1S/C10H13N5O2/c1-16-9-12-6-7(11)13-10(15-8(6)14-9)17-5-3-2-4-5/h5H,2-4H2,1H3,(H3,11,12,13,14,15)/p+1. The van der Waals surface area contributed by atoms with Gasteiger partial charge in [-0.2, -0.15) is 4.98 Å². The van der Waals surface area contributed by atoms with Gasteiger partial charge in [0.1, 0.15) is 6.10 Å². The minimum absolute atomic E-state index is 0.229. The molecule has 1 aliphatic rings. The summed E-state index contributed by atoms with van der Waals surface area (Å²) in [5.41, 5.74) is 7.04. The molecule has 0 aromatic carbocycles. The number of nitrogens with one attached hydrogen (secondary N) is 2. The lowest BCUT2D eigenvalue weighted by Gasteiger charge is -2.23. The first kappa shape index (κ1) is 10.1. The van der Waals surface area contributed by atoms with Gasteiger partial charge in [-0.15, -0.1) is 0 Å². The summed E-state index contributed by atoms with van der Waals surface area (Å²) < 4.78 is 10.6. The average Bonchev–Trinajstić information content (AvgIpc) is 2.67. The predicted molar refractivity (Wildman–Crippen MR) is 59.7 cm³/mol. The number of methoxy groups -OCH3 is 1. The number of hydrogen-bond acceptors (Lipinski definition) is 5. The van der Waals surface area contributed by atoms with Crippen LogP contribution in [0, 0.1) is 0 Å². The van der Waals surface area contributed by atoms with E-state index in [1.54, 1.807) is 7.11 Å². The van der Waals surface area contributed by atoms with Gasteiger partial charge >= 0.3 is 17.7 Å². The number of aromatic nitrogens is 4. The number of H-pyrrole nitrogens is 2. The van der Waals surface area contributed by atoms with E-state index in [1.165, 1.54) is 6.42 Å². The highest BCUT2D eigenvalue weighted by atomic mass is 16.5. The fourth-order valence-corrected chi connectivity index (χ4v) is 1.72. The highest BCUT2D eigenvalue weighted by Gasteiger charge is 2.24. The molecule has 1 fully saturated rings. The number of rotatable bonds is 3. The Bertz CT molecular complexity index is 549. The Hall–Kier alpha value is -2.05. The first-order chi connectivity index (χ1) is 8.26. The van der Waals surface area contributed by atoms with Crippen LogP contribution in [0.5, 0.6) is 12.0 Å². The van der Waals surface area contributed by atoms with Crippen LogP contribution in [-0.2, 0) is 0 Å². The highest BCUT2D eigenvalue weighted by Crippen LogP contribution is 2.25. The zero-order valence-electron chi connectivity index (χ0n) is 9.49. The molecule has 17 heavy (non-hydrogen) atoms. The maximum atomic E-state index is 5.82. The second-order valence-electron chi connectivity index (χ2n) is 4.07. The Morgan fingerprint density at radius 3 is 2.88 bits per heavy atom. The van der Waals surface area contributed by atoms with Gasteiger partial charge in [0, 0.05) is 0 Å². The third-order valence-corrected chi connectivity index (χ3v) is 2.92. The molecule has 0 bridgehead atoms. The summed E-state index contributed by atoms with van der Waals surface area (Å²) >= 11 is 0. The van der Waals surface area contributed by atoms with Crippen LogP contribution >= 0.6 is 0 Å². The zero-order chi connectivity index (χ0) is 11.8. The van der Waals surface area contributed by atoms with E-state index in [2.05, 4.69) is 19.9 Å². The number of imidazole rings is 1. The van der Waals surface area contributed by atoms with Crippen molar-refractivity contribution in [3.8, 4) is 12.0 Å². The van der Waals surface area contributed by atoms with Crippen molar-refractivity contribution in [2.45, 2.75) is 25.4 Å². The Morgan fingerprint density at radius 1 is 1.41 bits per heavy atom.